The topological polar surface area (TPSA) is 9.23 Å². The van der Waals surface area contributed by atoms with Crippen LogP contribution in [0.15, 0.2) is 11.3 Å². The van der Waals surface area contributed by atoms with Crippen LogP contribution in [0, 0.1) is 5.92 Å². The largest absolute Gasteiger partial charge is 0.501 e. The van der Waals surface area contributed by atoms with Crippen LogP contribution >= 0.6 is 0 Å². The lowest BCUT2D eigenvalue weighted by atomic mass is 10.0. The molecule has 11 heavy (non-hydrogen) atoms. The Labute approximate surface area is 70.4 Å². The fraction of sp³-hybridized carbons (Fsp3) is 0.800. The highest BCUT2D eigenvalue weighted by molar-refractivity contribution is 5.09. The normalized spacial score (nSPS) is 10.0. The Kier molecular flexibility index (Phi) is 5.01. The molecule has 0 bridgehead atoms. The lowest BCUT2D eigenvalue weighted by Crippen LogP contribution is -2.01. The van der Waals surface area contributed by atoms with Gasteiger partial charge in [-0.25, -0.2) is 0 Å². The van der Waals surface area contributed by atoms with Crippen molar-refractivity contribution in [2.45, 2.75) is 40.5 Å². The van der Waals surface area contributed by atoms with Crippen molar-refractivity contribution in [1.29, 1.82) is 0 Å². The summed E-state index contributed by atoms with van der Waals surface area (Å²) in [5.74, 6) is 1.70. The molecular weight excluding hydrogens is 136 g/mol. The van der Waals surface area contributed by atoms with Crippen LogP contribution < -0.4 is 0 Å². The van der Waals surface area contributed by atoms with Crippen molar-refractivity contribution in [2.24, 2.45) is 5.92 Å². The van der Waals surface area contributed by atoms with Crippen LogP contribution in [0.5, 0.6) is 0 Å². The first kappa shape index (κ1) is 10.5. The number of ether oxygens (including phenoxy) is 1. The van der Waals surface area contributed by atoms with Crippen LogP contribution in [-0.2, 0) is 4.74 Å². The predicted molar refractivity (Wildman–Crippen MR) is 49.5 cm³/mol. The summed E-state index contributed by atoms with van der Waals surface area (Å²) >= 11 is 0. The van der Waals surface area contributed by atoms with Crippen molar-refractivity contribution in [3.63, 3.8) is 0 Å². The minimum absolute atomic E-state index is 0.523. The van der Waals surface area contributed by atoms with Crippen LogP contribution in [0.3, 0.4) is 0 Å². The lowest BCUT2D eigenvalue weighted by Gasteiger charge is -2.14. The highest BCUT2D eigenvalue weighted by Gasteiger charge is 2.07. The molecule has 66 valence electrons. The van der Waals surface area contributed by atoms with Gasteiger partial charge in [0.1, 0.15) is 0 Å². The average Bonchev–Trinajstić information content (AvgIpc) is 1.99. The molecule has 0 heterocycles. The van der Waals surface area contributed by atoms with Gasteiger partial charge < -0.3 is 4.74 Å². The number of hydrogen-bond acceptors (Lipinski definition) is 1. The van der Waals surface area contributed by atoms with E-state index in [9.17, 15) is 0 Å². The van der Waals surface area contributed by atoms with Gasteiger partial charge in [-0.2, -0.15) is 0 Å². The Balaban J connectivity index is 4.48. The lowest BCUT2D eigenvalue weighted by molar-refractivity contribution is 0.246. The van der Waals surface area contributed by atoms with Crippen molar-refractivity contribution in [3.05, 3.63) is 11.3 Å². The summed E-state index contributed by atoms with van der Waals surface area (Å²) in [6, 6.07) is 0. The van der Waals surface area contributed by atoms with Gasteiger partial charge in [-0.15, -0.1) is 0 Å². The van der Waals surface area contributed by atoms with E-state index in [0.29, 0.717) is 5.92 Å². The molecule has 0 saturated heterocycles. The Bertz CT molecular complexity index is 128. The fourth-order valence-electron chi connectivity index (χ4n) is 1.39. The minimum atomic E-state index is 0.523. The molecule has 0 aliphatic rings. The number of methoxy groups -OCH3 is 1. The molecule has 0 spiro atoms. The molecule has 1 heteroatoms. The summed E-state index contributed by atoms with van der Waals surface area (Å²) in [5, 5.41) is 0. The maximum absolute atomic E-state index is 5.34. The highest BCUT2D eigenvalue weighted by atomic mass is 16.5. The summed E-state index contributed by atoms with van der Waals surface area (Å²) in [7, 11) is 1.76. The van der Waals surface area contributed by atoms with Crippen molar-refractivity contribution < 1.29 is 4.74 Å². The smallest absolute Gasteiger partial charge is 0.0972 e. The van der Waals surface area contributed by atoms with Crippen molar-refractivity contribution in [2.75, 3.05) is 7.11 Å². The first-order valence-corrected chi connectivity index (χ1v) is 4.43. The quantitative estimate of drug-likeness (QED) is 0.567. The van der Waals surface area contributed by atoms with E-state index in [0.717, 1.165) is 12.8 Å². The van der Waals surface area contributed by atoms with Crippen molar-refractivity contribution >= 4 is 0 Å². The minimum Gasteiger partial charge on any atom is -0.501 e. The molecule has 0 atom stereocenters. The highest BCUT2D eigenvalue weighted by Crippen LogP contribution is 2.20. The maximum atomic E-state index is 5.34. The first-order valence-electron chi connectivity index (χ1n) is 4.43. The van der Waals surface area contributed by atoms with Gasteiger partial charge in [0.15, 0.2) is 0 Å². The van der Waals surface area contributed by atoms with E-state index >= 15 is 0 Å². The van der Waals surface area contributed by atoms with Gasteiger partial charge in [-0.05, 0) is 18.4 Å². The molecule has 0 aliphatic carbocycles. The van der Waals surface area contributed by atoms with E-state index in [1.807, 2.05) is 0 Å². The Hall–Kier alpha value is -0.460. The molecule has 0 fully saturated rings. The van der Waals surface area contributed by atoms with Gasteiger partial charge >= 0.3 is 0 Å². The SMILES string of the molecule is CCC(CC)=C(OC)C(C)C. The zero-order chi connectivity index (χ0) is 8.85. The van der Waals surface area contributed by atoms with Gasteiger partial charge in [-0.3, -0.25) is 0 Å². The van der Waals surface area contributed by atoms with Crippen LogP contribution in [-0.4, -0.2) is 7.11 Å². The van der Waals surface area contributed by atoms with Gasteiger partial charge in [0.2, 0.25) is 0 Å². The van der Waals surface area contributed by atoms with Crippen molar-refractivity contribution in [3.8, 4) is 0 Å². The predicted octanol–water partition coefficient (Wildman–Crippen LogP) is 3.36. The molecule has 0 unspecified atom stereocenters. The van der Waals surface area contributed by atoms with E-state index < -0.39 is 0 Å². The molecule has 0 aromatic carbocycles. The van der Waals surface area contributed by atoms with E-state index in [4.69, 9.17) is 4.74 Å². The third-order valence-corrected chi connectivity index (χ3v) is 1.95. The molecule has 0 aromatic rings. The van der Waals surface area contributed by atoms with Gasteiger partial charge in [0, 0.05) is 5.92 Å². The van der Waals surface area contributed by atoms with Gasteiger partial charge in [-0.1, -0.05) is 27.7 Å². The van der Waals surface area contributed by atoms with Crippen molar-refractivity contribution in [1.82, 2.24) is 0 Å². The van der Waals surface area contributed by atoms with E-state index in [1.54, 1.807) is 7.11 Å². The van der Waals surface area contributed by atoms with Crippen LogP contribution in [0.25, 0.3) is 0 Å². The number of rotatable bonds is 4. The first-order chi connectivity index (χ1) is 5.17. The third kappa shape index (κ3) is 2.96. The Morgan fingerprint density at radius 3 is 1.73 bits per heavy atom. The third-order valence-electron chi connectivity index (χ3n) is 1.95. The molecular formula is C10H20O. The fourth-order valence-corrected chi connectivity index (χ4v) is 1.39. The number of hydrogen-bond donors (Lipinski definition) is 0. The Morgan fingerprint density at radius 2 is 1.64 bits per heavy atom. The molecule has 0 N–H and O–H groups in total. The molecule has 0 rings (SSSR count). The van der Waals surface area contributed by atoms with E-state index in [-0.39, 0.29) is 0 Å². The van der Waals surface area contributed by atoms with Crippen LogP contribution in [0.1, 0.15) is 40.5 Å². The van der Waals surface area contributed by atoms with Gasteiger partial charge in [0.25, 0.3) is 0 Å². The van der Waals surface area contributed by atoms with Crippen LogP contribution in [0.4, 0.5) is 0 Å². The monoisotopic (exact) mass is 156 g/mol. The average molecular weight is 156 g/mol. The standard InChI is InChI=1S/C10H20O/c1-6-9(7-2)10(11-5)8(3)4/h8H,6-7H2,1-5H3. The Morgan fingerprint density at radius 1 is 1.18 bits per heavy atom. The second kappa shape index (κ2) is 5.22. The molecule has 1 nitrogen and oxygen atoms in total. The maximum Gasteiger partial charge on any atom is 0.0972 e. The summed E-state index contributed by atoms with van der Waals surface area (Å²) in [6.07, 6.45) is 2.22. The van der Waals surface area contributed by atoms with E-state index in [2.05, 4.69) is 27.7 Å². The molecule has 0 saturated carbocycles. The molecule has 0 amide bonds. The van der Waals surface area contributed by atoms with Crippen LogP contribution in [0.2, 0.25) is 0 Å². The summed E-state index contributed by atoms with van der Waals surface area (Å²) in [6.45, 7) is 8.70. The molecule has 0 aromatic heterocycles. The van der Waals surface area contributed by atoms with E-state index in [1.165, 1.54) is 11.3 Å². The number of allylic oxidation sites excluding steroid dienone is 2. The summed E-state index contributed by atoms with van der Waals surface area (Å²) < 4.78 is 5.34. The second-order valence-electron chi connectivity index (χ2n) is 3.03. The zero-order valence-corrected chi connectivity index (χ0v) is 8.40. The molecule has 0 radical (unpaired) electrons. The second-order valence-corrected chi connectivity index (χ2v) is 3.03. The summed E-state index contributed by atoms with van der Waals surface area (Å²) in [5.41, 5.74) is 1.45. The molecule has 0 aliphatic heterocycles. The summed E-state index contributed by atoms with van der Waals surface area (Å²) in [4.78, 5) is 0. The zero-order valence-electron chi connectivity index (χ0n) is 8.40. The van der Waals surface area contributed by atoms with Gasteiger partial charge in [0.05, 0.1) is 12.9 Å².